The van der Waals surface area contributed by atoms with Gasteiger partial charge in [0.2, 0.25) is 0 Å². The number of hydrogen-bond donors (Lipinski definition) is 0. The van der Waals surface area contributed by atoms with Crippen molar-refractivity contribution in [3.63, 3.8) is 0 Å². The molecule has 0 fully saturated rings. The van der Waals surface area contributed by atoms with E-state index in [2.05, 4.69) is 0 Å². The highest BCUT2D eigenvalue weighted by molar-refractivity contribution is 5.82. The third-order valence-electron chi connectivity index (χ3n) is 6.69. The summed E-state index contributed by atoms with van der Waals surface area (Å²) in [5, 5.41) is 23.7. The molecule has 0 unspecified atom stereocenters. The molecule has 0 atom stereocenters. The molecule has 0 aliphatic rings. The molecule has 0 aliphatic carbocycles. The molecule has 8 nitrogen and oxygen atoms in total. The molecule has 0 saturated heterocycles. The summed E-state index contributed by atoms with van der Waals surface area (Å²) in [5.74, 6) is 1.29. The van der Waals surface area contributed by atoms with Crippen LogP contribution in [0.25, 0.3) is 24.3 Å². The molecule has 0 bridgehead atoms. The van der Waals surface area contributed by atoms with E-state index in [-0.39, 0.29) is 22.5 Å². The summed E-state index contributed by atoms with van der Waals surface area (Å²) in [5.41, 5.74) is 3.31. The highest BCUT2D eigenvalue weighted by Gasteiger charge is 2.22. The van der Waals surface area contributed by atoms with Gasteiger partial charge in [-0.05, 0) is 64.7 Å². The van der Waals surface area contributed by atoms with E-state index in [0.29, 0.717) is 24.7 Å². The summed E-state index contributed by atoms with van der Waals surface area (Å²) in [6.07, 6.45) is 6.58. The van der Waals surface area contributed by atoms with Crippen LogP contribution in [0.4, 0.5) is 11.4 Å². The number of benzene rings is 5. The molecular formula is C36H28N2O6. The summed E-state index contributed by atoms with van der Waals surface area (Å²) in [6.45, 7) is 0.805. The lowest BCUT2D eigenvalue weighted by Gasteiger charge is -2.07. The summed E-state index contributed by atoms with van der Waals surface area (Å²) >= 11 is 0. The molecular weight excluding hydrogens is 556 g/mol. The van der Waals surface area contributed by atoms with Gasteiger partial charge in [0.1, 0.15) is 24.7 Å². The minimum atomic E-state index is -0.618. The Labute approximate surface area is 254 Å². The SMILES string of the molecule is O=[N+]([O-])c1cc([N+](=O)[O-])c(C=Cc2cccc(OCc3ccccc3)c2)cc1C=Cc1cccc(OCc2ccccc2)c1. The first-order valence-corrected chi connectivity index (χ1v) is 13.8. The van der Waals surface area contributed by atoms with E-state index >= 15 is 0 Å². The monoisotopic (exact) mass is 584 g/mol. The number of nitro benzene ring substituents is 2. The fourth-order valence-corrected chi connectivity index (χ4v) is 4.46. The number of ether oxygens (including phenoxy) is 2. The maximum Gasteiger partial charge on any atom is 0.283 e. The number of nitrogens with zero attached hydrogens (tertiary/aromatic N) is 2. The van der Waals surface area contributed by atoms with Crippen LogP contribution in [0.1, 0.15) is 33.4 Å². The van der Waals surface area contributed by atoms with Crippen molar-refractivity contribution in [3.8, 4) is 11.5 Å². The zero-order valence-electron chi connectivity index (χ0n) is 23.6. The fourth-order valence-electron chi connectivity index (χ4n) is 4.46. The Bertz CT molecular complexity index is 1690. The summed E-state index contributed by atoms with van der Waals surface area (Å²) in [6, 6.07) is 36.6. The van der Waals surface area contributed by atoms with Gasteiger partial charge in [-0.25, -0.2) is 0 Å². The Kier molecular flexibility index (Phi) is 9.54. The molecule has 5 aromatic rings. The number of nitro groups is 2. The second-order valence-electron chi connectivity index (χ2n) is 9.84. The van der Waals surface area contributed by atoms with Crippen LogP contribution in [0.2, 0.25) is 0 Å². The van der Waals surface area contributed by atoms with Gasteiger partial charge in [-0.2, -0.15) is 0 Å². The molecule has 0 aromatic heterocycles. The molecule has 0 amide bonds. The molecule has 0 spiro atoms. The standard InChI is InChI=1S/C36H28N2O6/c39-37(40)35-24-36(38(41)42)32(20-18-28-14-8-16-34(22-28)44-26-30-11-5-2-6-12-30)23-31(35)19-17-27-13-7-15-33(21-27)43-25-29-9-3-1-4-10-29/h1-24H,25-26H2. The molecule has 5 rings (SSSR count). The van der Waals surface area contributed by atoms with Gasteiger partial charge in [-0.1, -0.05) is 97.1 Å². The second kappa shape index (κ2) is 14.2. The van der Waals surface area contributed by atoms with Crippen LogP contribution in [0.5, 0.6) is 11.5 Å². The third kappa shape index (κ3) is 8.04. The van der Waals surface area contributed by atoms with Crippen LogP contribution >= 0.6 is 0 Å². The molecule has 0 saturated carbocycles. The Morgan fingerprint density at radius 3 is 1.34 bits per heavy atom. The van der Waals surface area contributed by atoms with Crippen molar-refractivity contribution in [2.24, 2.45) is 0 Å². The minimum Gasteiger partial charge on any atom is -0.489 e. The van der Waals surface area contributed by atoms with Crippen molar-refractivity contribution in [2.45, 2.75) is 13.2 Å². The average molecular weight is 585 g/mol. The van der Waals surface area contributed by atoms with Gasteiger partial charge in [0.25, 0.3) is 11.4 Å². The van der Waals surface area contributed by atoms with E-state index in [1.54, 1.807) is 24.3 Å². The zero-order valence-corrected chi connectivity index (χ0v) is 23.6. The largest absolute Gasteiger partial charge is 0.489 e. The first-order valence-electron chi connectivity index (χ1n) is 13.8. The lowest BCUT2D eigenvalue weighted by molar-refractivity contribution is -0.394. The Morgan fingerprint density at radius 2 is 0.932 bits per heavy atom. The first kappa shape index (κ1) is 29.5. The number of rotatable bonds is 12. The van der Waals surface area contributed by atoms with Gasteiger partial charge >= 0.3 is 0 Å². The van der Waals surface area contributed by atoms with Crippen LogP contribution in [-0.4, -0.2) is 9.85 Å². The Morgan fingerprint density at radius 1 is 0.500 bits per heavy atom. The molecule has 5 aromatic carbocycles. The van der Waals surface area contributed by atoms with E-state index in [1.165, 1.54) is 6.07 Å². The van der Waals surface area contributed by atoms with E-state index in [9.17, 15) is 20.2 Å². The van der Waals surface area contributed by atoms with E-state index in [0.717, 1.165) is 28.3 Å². The quantitative estimate of drug-likeness (QED) is 0.0823. The van der Waals surface area contributed by atoms with E-state index in [4.69, 9.17) is 9.47 Å². The third-order valence-corrected chi connectivity index (χ3v) is 6.69. The predicted octanol–water partition coefficient (Wildman–Crippen LogP) is 9.00. The van der Waals surface area contributed by atoms with Crippen molar-refractivity contribution >= 4 is 35.7 Å². The van der Waals surface area contributed by atoms with Crippen LogP contribution in [0, 0.1) is 20.2 Å². The molecule has 8 heteroatoms. The van der Waals surface area contributed by atoms with Gasteiger partial charge in [0, 0.05) is 0 Å². The van der Waals surface area contributed by atoms with Crippen LogP contribution < -0.4 is 9.47 Å². The normalized spacial score (nSPS) is 11.1. The van der Waals surface area contributed by atoms with Crippen molar-refractivity contribution < 1.29 is 19.3 Å². The topological polar surface area (TPSA) is 105 Å². The number of hydrogen-bond acceptors (Lipinski definition) is 6. The van der Waals surface area contributed by atoms with Crippen molar-refractivity contribution in [3.05, 3.63) is 175 Å². The summed E-state index contributed by atoms with van der Waals surface area (Å²) < 4.78 is 11.8. The zero-order chi connectivity index (χ0) is 30.7. The molecule has 0 radical (unpaired) electrons. The summed E-state index contributed by atoms with van der Waals surface area (Å²) in [7, 11) is 0. The highest BCUT2D eigenvalue weighted by atomic mass is 16.6. The fraction of sp³-hybridized carbons (Fsp3) is 0.0556. The van der Waals surface area contributed by atoms with Crippen molar-refractivity contribution in [1.29, 1.82) is 0 Å². The van der Waals surface area contributed by atoms with Crippen LogP contribution in [0.3, 0.4) is 0 Å². The van der Waals surface area contributed by atoms with Crippen molar-refractivity contribution in [2.75, 3.05) is 0 Å². The maximum absolute atomic E-state index is 11.9. The van der Waals surface area contributed by atoms with Gasteiger partial charge in [0.05, 0.1) is 27.0 Å². The molecule has 0 aliphatic heterocycles. The second-order valence-corrected chi connectivity index (χ2v) is 9.84. The lowest BCUT2D eigenvalue weighted by atomic mass is 10.0. The van der Waals surface area contributed by atoms with Gasteiger partial charge in [-0.3, -0.25) is 20.2 Å². The predicted molar refractivity (Wildman–Crippen MR) is 172 cm³/mol. The van der Waals surface area contributed by atoms with Crippen LogP contribution in [-0.2, 0) is 13.2 Å². The molecule has 0 heterocycles. The highest BCUT2D eigenvalue weighted by Crippen LogP contribution is 2.32. The Balaban J connectivity index is 1.37. The maximum atomic E-state index is 11.9. The van der Waals surface area contributed by atoms with Gasteiger partial charge < -0.3 is 9.47 Å². The average Bonchev–Trinajstić information content (AvgIpc) is 3.05. The Hall–Kier alpha value is -6.02. The molecule has 218 valence electrons. The van der Waals surface area contributed by atoms with E-state index < -0.39 is 9.85 Å². The van der Waals surface area contributed by atoms with Crippen LogP contribution in [0.15, 0.2) is 121 Å². The smallest absolute Gasteiger partial charge is 0.283 e. The minimum absolute atomic E-state index is 0.232. The summed E-state index contributed by atoms with van der Waals surface area (Å²) in [4.78, 5) is 22.5. The molecule has 0 N–H and O–H groups in total. The first-order chi connectivity index (χ1) is 21.4. The van der Waals surface area contributed by atoms with Crippen molar-refractivity contribution in [1.82, 2.24) is 0 Å². The molecule has 44 heavy (non-hydrogen) atoms. The van der Waals surface area contributed by atoms with E-state index in [1.807, 2.05) is 109 Å². The van der Waals surface area contributed by atoms with Gasteiger partial charge in [0.15, 0.2) is 0 Å². The van der Waals surface area contributed by atoms with Gasteiger partial charge in [-0.15, -0.1) is 0 Å². The lowest BCUT2D eigenvalue weighted by Crippen LogP contribution is -1.98.